The Morgan fingerprint density at radius 2 is 1.96 bits per heavy atom. The van der Waals surface area contributed by atoms with Gasteiger partial charge in [-0.05, 0) is 13.0 Å². The van der Waals surface area contributed by atoms with Crippen LogP contribution in [0.15, 0.2) is 12.1 Å². The Morgan fingerprint density at radius 1 is 1.28 bits per heavy atom. The lowest BCUT2D eigenvalue weighted by Gasteiger charge is -2.38. The van der Waals surface area contributed by atoms with Crippen LogP contribution in [0.2, 0.25) is 0 Å². The van der Waals surface area contributed by atoms with Crippen LogP contribution in [-0.2, 0) is 9.53 Å². The standard InChI is InChI=1S/C15H20N4O5S/c1-10-13(16-4-9-24-10)15(21)18-7-5-17(6-8-18)14(20)11-2-3-12(25-11)19(22)23/h2-3,10,13,16H,4-9H2,1H3/t10-,13+/m1/s1. The van der Waals surface area contributed by atoms with Gasteiger partial charge in [0.2, 0.25) is 5.91 Å². The molecule has 2 fully saturated rings. The van der Waals surface area contributed by atoms with Crippen LogP contribution >= 0.6 is 11.3 Å². The first-order valence-electron chi connectivity index (χ1n) is 8.14. The molecule has 2 atom stereocenters. The maximum atomic E-state index is 12.6. The minimum absolute atomic E-state index is 0.00828. The molecule has 0 aromatic carbocycles. The molecular weight excluding hydrogens is 348 g/mol. The average molecular weight is 368 g/mol. The van der Waals surface area contributed by atoms with E-state index in [1.54, 1.807) is 9.80 Å². The van der Waals surface area contributed by atoms with Crippen LogP contribution in [0, 0.1) is 10.1 Å². The van der Waals surface area contributed by atoms with E-state index in [-0.39, 0.29) is 29.0 Å². The summed E-state index contributed by atoms with van der Waals surface area (Å²) in [6.45, 7) is 4.84. The van der Waals surface area contributed by atoms with E-state index in [0.717, 1.165) is 11.3 Å². The maximum Gasteiger partial charge on any atom is 0.324 e. The number of hydrogen-bond acceptors (Lipinski definition) is 7. The smallest absolute Gasteiger partial charge is 0.324 e. The number of nitrogens with zero attached hydrogens (tertiary/aromatic N) is 3. The van der Waals surface area contributed by atoms with Crippen molar-refractivity contribution >= 4 is 28.2 Å². The largest absolute Gasteiger partial charge is 0.375 e. The average Bonchev–Trinajstić information content (AvgIpc) is 3.11. The minimum Gasteiger partial charge on any atom is -0.375 e. The van der Waals surface area contributed by atoms with Crippen LogP contribution in [0.5, 0.6) is 0 Å². The highest BCUT2D eigenvalue weighted by Crippen LogP contribution is 2.25. The first-order chi connectivity index (χ1) is 12.0. The van der Waals surface area contributed by atoms with Gasteiger partial charge in [-0.3, -0.25) is 19.7 Å². The first-order valence-corrected chi connectivity index (χ1v) is 8.96. The molecule has 1 N–H and O–H groups in total. The van der Waals surface area contributed by atoms with Crippen molar-refractivity contribution in [3.8, 4) is 0 Å². The zero-order chi connectivity index (χ0) is 18.0. The Kier molecular flexibility index (Phi) is 5.30. The number of hydrogen-bond donors (Lipinski definition) is 1. The van der Waals surface area contributed by atoms with E-state index >= 15 is 0 Å². The summed E-state index contributed by atoms with van der Waals surface area (Å²) in [5.41, 5.74) is 0. The molecule has 0 saturated carbocycles. The molecule has 1 aromatic heterocycles. The second-order valence-corrected chi connectivity index (χ2v) is 7.08. The summed E-state index contributed by atoms with van der Waals surface area (Å²) in [5.74, 6) is -0.233. The van der Waals surface area contributed by atoms with Crippen molar-refractivity contribution in [2.24, 2.45) is 0 Å². The topological polar surface area (TPSA) is 105 Å². The van der Waals surface area contributed by atoms with Crippen LogP contribution in [-0.4, -0.2) is 78.0 Å². The maximum absolute atomic E-state index is 12.6. The molecule has 0 bridgehead atoms. The molecule has 25 heavy (non-hydrogen) atoms. The Bertz CT molecular complexity index is 671. The van der Waals surface area contributed by atoms with Gasteiger partial charge in [-0.1, -0.05) is 11.3 Å². The Hall–Kier alpha value is -2.04. The summed E-state index contributed by atoms with van der Waals surface area (Å²) in [4.78, 5) is 39.0. The number of amides is 2. The van der Waals surface area contributed by atoms with Crippen molar-refractivity contribution in [1.29, 1.82) is 0 Å². The Labute approximate surface area is 148 Å². The summed E-state index contributed by atoms with van der Waals surface area (Å²) in [5, 5.41) is 13.9. The molecule has 0 aliphatic carbocycles. The molecule has 0 spiro atoms. The lowest BCUT2D eigenvalue weighted by atomic mass is 10.1. The van der Waals surface area contributed by atoms with Gasteiger partial charge >= 0.3 is 5.00 Å². The third kappa shape index (κ3) is 3.80. The third-order valence-corrected chi connectivity index (χ3v) is 5.47. The number of ether oxygens (including phenoxy) is 1. The molecule has 10 heteroatoms. The van der Waals surface area contributed by atoms with Crippen molar-refractivity contribution in [3.05, 3.63) is 27.1 Å². The van der Waals surface area contributed by atoms with Gasteiger partial charge in [-0.2, -0.15) is 0 Å². The van der Waals surface area contributed by atoms with Crippen molar-refractivity contribution in [2.75, 3.05) is 39.3 Å². The van der Waals surface area contributed by atoms with Crippen molar-refractivity contribution in [3.63, 3.8) is 0 Å². The fraction of sp³-hybridized carbons (Fsp3) is 0.600. The van der Waals surface area contributed by atoms with Crippen molar-refractivity contribution in [1.82, 2.24) is 15.1 Å². The van der Waals surface area contributed by atoms with Gasteiger partial charge in [-0.15, -0.1) is 0 Å². The number of carbonyl (C=O) groups excluding carboxylic acids is 2. The predicted octanol–water partition coefficient (Wildman–Crippen LogP) is 0.318. The monoisotopic (exact) mass is 368 g/mol. The van der Waals surface area contributed by atoms with Gasteiger partial charge in [0, 0.05) is 38.8 Å². The van der Waals surface area contributed by atoms with Gasteiger partial charge in [-0.25, -0.2) is 0 Å². The van der Waals surface area contributed by atoms with E-state index in [0.29, 0.717) is 44.2 Å². The molecule has 2 saturated heterocycles. The number of piperazine rings is 1. The van der Waals surface area contributed by atoms with Gasteiger partial charge in [0.25, 0.3) is 5.91 Å². The SMILES string of the molecule is C[C@H]1OCCN[C@@H]1C(=O)N1CCN(C(=O)c2ccc([N+](=O)[O-])s2)CC1. The summed E-state index contributed by atoms with van der Waals surface area (Å²) in [7, 11) is 0. The van der Waals surface area contributed by atoms with Crippen LogP contribution in [0.3, 0.4) is 0 Å². The summed E-state index contributed by atoms with van der Waals surface area (Å²) < 4.78 is 5.51. The van der Waals surface area contributed by atoms with Crippen molar-refractivity contribution in [2.45, 2.75) is 19.1 Å². The Morgan fingerprint density at radius 3 is 2.56 bits per heavy atom. The predicted molar refractivity (Wildman–Crippen MR) is 90.7 cm³/mol. The van der Waals surface area contributed by atoms with E-state index < -0.39 is 4.92 Å². The molecule has 0 radical (unpaired) electrons. The molecule has 2 amide bonds. The summed E-state index contributed by atoms with van der Waals surface area (Å²) >= 11 is 0.875. The summed E-state index contributed by atoms with van der Waals surface area (Å²) in [6.07, 6.45) is -0.174. The van der Waals surface area contributed by atoms with Gasteiger partial charge in [0.15, 0.2) is 0 Å². The number of nitro groups is 1. The van der Waals surface area contributed by atoms with Crippen LogP contribution in [0.25, 0.3) is 0 Å². The quantitative estimate of drug-likeness (QED) is 0.608. The summed E-state index contributed by atoms with van der Waals surface area (Å²) in [6, 6.07) is 2.47. The van der Waals surface area contributed by atoms with E-state index in [9.17, 15) is 19.7 Å². The van der Waals surface area contributed by atoms with Gasteiger partial charge < -0.3 is 19.9 Å². The van der Waals surface area contributed by atoms with Crippen LogP contribution in [0.1, 0.15) is 16.6 Å². The lowest BCUT2D eigenvalue weighted by Crippen LogP contribution is -2.60. The second kappa shape index (κ2) is 7.46. The van der Waals surface area contributed by atoms with Gasteiger partial charge in [0.1, 0.15) is 6.04 Å². The van der Waals surface area contributed by atoms with Crippen LogP contribution < -0.4 is 5.32 Å². The second-order valence-electron chi connectivity index (χ2n) is 6.02. The van der Waals surface area contributed by atoms with Gasteiger partial charge in [0.05, 0.1) is 22.5 Å². The first kappa shape index (κ1) is 17.8. The van der Waals surface area contributed by atoms with E-state index in [1.807, 2.05) is 6.92 Å². The number of thiophene rings is 1. The number of nitrogens with one attached hydrogen (secondary N) is 1. The zero-order valence-corrected chi connectivity index (χ0v) is 14.7. The molecule has 0 unspecified atom stereocenters. The van der Waals surface area contributed by atoms with Crippen molar-refractivity contribution < 1.29 is 19.2 Å². The normalized spacial score (nSPS) is 24.2. The number of rotatable bonds is 3. The van der Waals surface area contributed by atoms with E-state index in [2.05, 4.69) is 5.32 Å². The Balaban J connectivity index is 1.56. The lowest BCUT2D eigenvalue weighted by molar-refractivity contribution is -0.380. The number of carbonyl (C=O) groups is 2. The highest BCUT2D eigenvalue weighted by atomic mass is 32.1. The molecule has 3 heterocycles. The molecule has 1 aromatic rings. The van der Waals surface area contributed by atoms with Crippen LogP contribution in [0.4, 0.5) is 5.00 Å². The molecule has 2 aliphatic rings. The number of morpholine rings is 1. The minimum atomic E-state index is -0.502. The highest BCUT2D eigenvalue weighted by Gasteiger charge is 2.34. The molecular formula is C15H20N4O5S. The highest BCUT2D eigenvalue weighted by molar-refractivity contribution is 7.17. The molecule has 2 aliphatic heterocycles. The molecule has 3 rings (SSSR count). The zero-order valence-electron chi connectivity index (χ0n) is 13.8. The molecule has 9 nitrogen and oxygen atoms in total. The fourth-order valence-electron chi connectivity index (χ4n) is 3.03. The van der Waals surface area contributed by atoms with E-state index in [1.165, 1.54) is 12.1 Å². The molecule has 136 valence electrons. The van der Waals surface area contributed by atoms with E-state index in [4.69, 9.17) is 4.74 Å². The third-order valence-electron chi connectivity index (χ3n) is 4.44. The fourth-order valence-corrected chi connectivity index (χ4v) is 3.82.